The Morgan fingerprint density at radius 1 is 1.00 bits per heavy atom. The lowest BCUT2D eigenvalue weighted by atomic mass is 10.1. The normalized spacial score (nSPS) is 21.3. The van der Waals surface area contributed by atoms with Crippen LogP contribution in [0.1, 0.15) is 18.9 Å². The number of nitrogens with two attached hydrogens (primary N) is 1. The largest absolute Gasteiger partial charge is 0.457 e. The van der Waals surface area contributed by atoms with Gasteiger partial charge in [-0.1, -0.05) is 24.8 Å². The average Bonchev–Trinajstić information content (AvgIpc) is 3.54. The van der Waals surface area contributed by atoms with Crippen molar-refractivity contribution in [2.45, 2.75) is 24.9 Å². The molecule has 2 fully saturated rings. The lowest BCUT2D eigenvalue weighted by Gasteiger charge is -2.32. The summed E-state index contributed by atoms with van der Waals surface area (Å²) in [4.78, 5) is 11.2. The van der Waals surface area contributed by atoms with Crippen LogP contribution in [0.4, 0.5) is 5.82 Å². The zero-order chi connectivity index (χ0) is 22.4. The quantitative estimate of drug-likeness (QED) is 0.453. The molecular formula is C26H24N6O. The number of nitrogens with zero attached hydrogens (tertiary/aromatic N) is 5. The van der Waals surface area contributed by atoms with Crippen molar-refractivity contribution >= 4 is 16.9 Å². The van der Waals surface area contributed by atoms with Gasteiger partial charge in [0.25, 0.3) is 0 Å². The Bertz CT molecular complexity index is 1360. The molecule has 164 valence electrons. The Balaban J connectivity index is 1.38. The highest BCUT2D eigenvalue weighted by Crippen LogP contribution is 2.46. The second kappa shape index (κ2) is 7.80. The monoisotopic (exact) mass is 436 g/mol. The number of likely N-dealkylation sites (tertiary alicyclic amines) is 1. The van der Waals surface area contributed by atoms with Crippen molar-refractivity contribution in [2.24, 2.45) is 5.92 Å². The van der Waals surface area contributed by atoms with Gasteiger partial charge >= 0.3 is 0 Å². The molecule has 2 aromatic heterocycles. The van der Waals surface area contributed by atoms with Crippen LogP contribution in [0.25, 0.3) is 22.3 Å². The van der Waals surface area contributed by atoms with E-state index in [1.165, 1.54) is 6.33 Å². The first kappa shape index (κ1) is 19.6. The van der Waals surface area contributed by atoms with Crippen molar-refractivity contribution in [1.29, 1.82) is 0 Å². The van der Waals surface area contributed by atoms with Crippen LogP contribution in [0.5, 0.6) is 11.5 Å². The highest BCUT2D eigenvalue weighted by molar-refractivity contribution is 5.98. The summed E-state index contributed by atoms with van der Waals surface area (Å²) in [7, 11) is 0. The number of hydrogen-bond acceptors (Lipinski definition) is 6. The molecule has 3 heterocycles. The predicted molar refractivity (Wildman–Crippen MR) is 128 cm³/mol. The van der Waals surface area contributed by atoms with Gasteiger partial charge in [-0.2, -0.15) is 5.10 Å². The molecule has 6 rings (SSSR count). The maximum Gasteiger partial charge on any atom is 0.164 e. The van der Waals surface area contributed by atoms with E-state index in [1.807, 2.05) is 60.8 Å². The number of hydrogen-bond donors (Lipinski definition) is 1. The van der Waals surface area contributed by atoms with Crippen molar-refractivity contribution in [3.63, 3.8) is 0 Å². The van der Waals surface area contributed by atoms with Gasteiger partial charge in [-0.25, -0.2) is 14.6 Å². The second-order valence-corrected chi connectivity index (χ2v) is 8.69. The summed E-state index contributed by atoms with van der Waals surface area (Å²) in [6.07, 6.45) is 5.71. The lowest BCUT2D eigenvalue weighted by Crippen LogP contribution is -2.36. The zero-order valence-corrected chi connectivity index (χ0v) is 18.1. The summed E-state index contributed by atoms with van der Waals surface area (Å²) in [5, 5.41) is 5.84. The fourth-order valence-electron chi connectivity index (χ4n) is 5.30. The Labute approximate surface area is 191 Å². The fraction of sp³-hybridized carbons (Fsp3) is 0.231. The van der Waals surface area contributed by atoms with Crippen LogP contribution in [0.3, 0.4) is 0 Å². The molecule has 2 bridgehead atoms. The standard InChI is InChI=1S/C26H24N6O/c1-2-12-31-15-17-13-21(31)22(14-17)32-26-23(25(27)28-16-29-26)24(30-32)18-8-10-20(11-9-18)33-19-6-4-3-5-7-19/h3-12,16-17,21-22H,1,13-15H2,(H2,27,28,29). The summed E-state index contributed by atoms with van der Waals surface area (Å²) in [6.45, 7) is 4.80. The van der Waals surface area contributed by atoms with Gasteiger partial charge in [-0.05, 0) is 55.2 Å². The molecule has 0 spiro atoms. The molecule has 3 atom stereocenters. The summed E-state index contributed by atoms with van der Waals surface area (Å²) < 4.78 is 8.00. The van der Waals surface area contributed by atoms with Crippen LogP contribution in [-0.4, -0.2) is 37.2 Å². The van der Waals surface area contributed by atoms with Gasteiger partial charge < -0.3 is 15.4 Å². The summed E-state index contributed by atoms with van der Waals surface area (Å²) in [5.41, 5.74) is 11.8. The number of rotatable bonds is 5. The Morgan fingerprint density at radius 2 is 1.76 bits per heavy atom. The minimum absolute atomic E-state index is 0.222. The topological polar surface area (TPSA) is 82.1 Å². The third kappa shape index (κ3) is 3.34. The maximum atomic E-state index is 6.33. The number of nitrogen functional groups attached to an aromatic ring is 1. The van der Waals surface area contributed by atoms with Crippen molar-refractivity contribution < 1.29 is 4.74 Å². The van der Waals surface area contributed by atoms with Gasteiger partial charge in [0.1, 0.15) is 29.3 Å². The predicted octanol–water partition coefficient (Wildman–Crippen LogP) is 4.80. The third-order valence-corrected chi connectivity index (χ3v) is 6.68. The van der Waals surface area contributed by atoms with E-state index in [4.69, 9.17) is 15.6 Å². The van der Waals surface area contributed by atoms with Crippen molar-refractivity contribution in [1.82, 2.24) is 24.6 Å². The Morgan fingerprint density at radius 3 is 2.52 bits per heavy atom. The van der Waals surface area contributed by atoms with Crippen molar-refractivity contribution in [3.05, 3.63) is 79.4 Å². The fourth-order valence-corrected chi connectivity index (χ4v) is 5.30. The van der Waals surface area contributed by atoms with E-state index < -0.39 is 0 Å². The van der Waals surface area contributed by atoms with E-state index in [0.717, 1.165) is 53.2 Å². The highest BCUT2D eigenvalue weighted by Gasteiger charge is 2.46. The van der Waals surface area contributed by atoms with Crippen molar-refractivity contribution in [2.75, 3.05) is 12.3 Å². The molecule has 0 amide bonds. The minimum atomic E-state index is 0.222. The summed E-state index contributed by atoms with van der Waals surface area (Å²) in [6, 6.07) is 18.2. The molecule has 1 aliphatic heterocycles. The first-order valence-corrected chi connectivity index (χ1v) is 11.1. The number of aromatic nitrogens is 4. The van der Waals surface area contributed by atoms with E-state index in [0.29, 0.717) is 17.8 Å². The Hall–Kier alpha value is -4.09. The SMILES string of the molecule is C=C=CN1CC2CC1C(n1nc(-c3ccc(Oc4ccccc4)cc3)c3c(N)ncnc31)C2. The molecule has 33 heavy (non-hydrogen) atoms. The molecule has 1 saturated heterocycles. The molecule has 3 unspecified atom stereocenters. The minimum Gasteiger partial charge on any atom is -0.457 e. The van der Waals surface area contributed by atoms with E-state index >= 15 is 0 Å². The van der Waals surface area contributed by atoms with E-state index in [2.05, 4.69) is 31.9 Å². The molecule has 0 radical (unpaired) electrons. The van der Waals surface area contributed by atoms with E-state index in [1.54, 1.807) is 0 Å². The molecule has 2 aromatic carbocycles. The van der Waals surface area contributed by atoms with Crippen LogP contribution in [0.15, 0.2) is 79.4 Å². The van der Waals surface area contributed by atoms with Gasteiger partial charge in [0.15, 0.2) is 5.65 Å². The molecular weight excluding hydrogens is 412 g/mol. The van der Waals surface area contributed by atoms with Crippen LogP contribution in [0, 0.1) is 5.92 Å². The van der Waals surface area contributed by atoms with Gasteiger partial charge in [0, 0.05) is 18.3 Å². The molecule has 7 nitrogen and oxygen atoms in total. The van der Waals surface area contributed by atoms with Gasteiger partial charge in [0.05, 0.1) is 17.5 Å². The third-order valence-electron chi connectivity index (χ3n) is 6.68. The van der Waals surface area contributed by atoms with Gasteiger partial charge in [0.2, 0.25) is 0 Å². The highest BCUT2D eigenvalue weighted by atomic mass is 16.5. The lowest BCUT2D eigenvalue weighted by molar-refractivity contribution is 0.212. The van der Waals surface area contributed by atoms with E-state index in [-0.39, 0.29) is 6.04 Å². The zero-order valence-electron chi connectivity index (χ0n) is 18.1. The molecule has 1 aliphatic carbocycles. The number of benzene rings is 2. The second-order valence-electron chi connectivity index (χ2n) is 8.69. The average molecular weight is 437 g/mol. The number of piperidine rings is 1. The summed E-state index contributed by atoms with van der Waals surface area (Å²) >= 11 is 0. The van der Waals surface area contributed by atoms with Crippen molar-refractivity contribution in [3.8, 4) is 22.8 Å². The molecule has 1 saturated carbocycles. The molecule has 7 heteroatoms. The maximum absolute atomic E-state index is 6.33. The van der Waals surface area contributed by atoms with Gasteiger partial charge in [-0.15, -0.1) is 5.73 Å². The number of anilines is 1. The first-order valence-electron chi connectivity index (χ1n) is 11.1. The van der Waals surface area contributed by atoms with Crippen LogP contribution in [0.2, 0.25) is 0 Å². The number of fused-ring (bicyclic) bond motifs is 3. The number of para-hydroxylation sites is 1. The smallest absolute Gasteiger partial charge is 0.164 e. The summed E-state index contributed by atoms with van der Waals surface area (Å²) in [5.74, 6) is 2.64. The molecule has 4 aromatic rings. The van der Waals surface area contributed by atoms with Crippen LogP contribution in [-0.2, 0) is 0 Å². The Kier molecular flexibility index (Phi) is 4.63. The molecule has 2 N–H and O–H groups in total. The first-order chi connectivity index (χ1) is 16.2. The van der Waals surface area contributed by atoms with Gasteiger partial charge in [-0.3, -0.25) is 0 Å². The van der Waals surface area contributed by atoms with Crippen LogP contribution >= 0.6 is 0 Å². The van der Waals surface area contributed by atoms with E-state index in [9.17, 15) is 0 Å². The number of ether oxygens (including phenoxy) is 1. The van der Waals surface area contributed by atoms with Crippen LogP contribution < -0.4 is 10.5 Å². The molecule has 2 aliphatic rings.